The lowest BCUT2D eigenvalue weighted by atomic mass is 9.96. The van der Waals surface area contributed by atoms with Gasteiger partial charge in [0.25, 0.3) is 0 Å². The third kappa shape index (κ3) is 1.98. The molecule has 0 spiro atoms. The van der Waals surface area contributed by atoms with E-state index in [9.17, 15) is 0 Å². The van der Waals surface area contributed by atoms with Gasteiger partial charge in [-0.15, -0.1) is 12.5 Å². The van der Waals surface area contributed by atoms with Crippen LogP contribution in [-0.4, -0.2) is 0 Å². The second kappa shape index (κ2) is 4.03. The van der Waals surface area contributed by atoms with Crippen LogP contribution in [0.4, 0.5) is 0 Å². The molecule has 1 rings (SSSR count). The maximum Gasteiger partial charge on any atom is 0.0448 e. The summed E-state index contributed by atoms with van der Waals surface area (Å²) >= 11 is 0. The van der Waals surface area contributed by atoms with Gasteiger partial charge in [-0.2, -0.15) is 0 Å². The molecule has 1 aliphatic carbocycles. The molecule has 0 radical (unpaired) electrons. The van der Waals surface area contributed by atoms with Crippen molar-refractivity contribution in [3.8, 4) is 11.8 Å². The first-order valence-corrected chi connectivity index (χ1v) is 4.16. The Morgan fingerprint density at radius 3 is 3.18 bits per heavy atom. The average molecular weight is 146 g/mol. The Balaban J connectivity index is 2.56. The molecular formula is C11H14. The molecule has 0 aromatic carbocycles. The zero-order chi connectivity index (χ0) is 8.10. The first-order valence-electron chi connectivity index (χ1n) is 4.16. The van der Waals surface area contributed by atoms with Crippen molar-refractivity contribution in [3.05, 3.63) is 24.8 Å². The van der Waals surface area contributed by atoms with Crippen LogP contribution in [0, 0.1) is 23.7 Å². The van der Waals surface area contributed by atoms with Crippen molar-refractivity contribution in [2.45, 2.75) is 19.8 Å². The van der Waals surface area contributed by atoms with E-state index in [0.29, 0.717) is 11.8 Å². The van der Waals surface area contributed by atoms with E-state index in [1.165, 1.54) is 0 Å². The predicted octanol–water partition coefficient (Wildman–Crippen LogP) is 2.78. The Labute approximate surface area is 69.0 Å². The summed E-state index contributed by atoms with van der Waals surface area (Å²) in [7, 11) is 0. The molecule has 2 atom stereocenters. The van der Waals surface area contributed by atoms with Gasteiger partial charge in [0.1, 0.15) is 0 Å². The minimum atomic E-state index is 0.437. The Morgan fingerprint density at radius 1 is 1.73 bits per heavy atom. The Kier molecular flexibility index (Phi) is 2.98. The zero-order valence-electron chi connectivity index (χ0n) is 7.01. The summed E-state index contributed by atoms with van der Waals surface area (Å²) in [5, 5.41) is 0. The molecule has 11 heavy (non-hydrogen) atoms. The summed E-state index contributed by atoms with van der Waals surface area (Å²) in [6.07, 6.45) is 8.46. The molecule has 0 aliphatic heterocycles. The van der Waals surface area contributed by atoms with Crippen molar-refractivity contribution in [3.63, 3.8) is 0 Å². The zero-order valence-corrected chi connectivity index (χ0v) is 7.01. The predicted molar refractivity (Wildman–Crippen MR) is 49.0 cm³/mol. The highest BCUT2D eigenvalue weighted by molar-refractivity contribution is 5.19. The van der Waals surface area contributed by atoms with Crippen LogP contribution < -0.4 is 0 Å². The van der Waals surface area contributed by atoms with Crippen LogP contribution in [0.5, 0.6) is 0 Å². The number of hydrogen-bond donors (Lipinski definition) is 0. The number of rotatable bonds is 1. The van der Waals surface area contributed by atoms with Gasteiger partial charge in [-0.05, 0) is 12.3 Å². The van der Waals surface area contributed by atoms with Crippen molar-refractivity contribution in [2.24, 2.45) is 11.8 Å². The normalized spacial score (nSPS) is 27.7. The molecule has 0 saturated carbocycles. The molecule has 0 heterocycles. The fraction of sp³-hybridized carbons (Fsp3) is 0.455. The molecule has 1 aliphatic rings. The lowest BCUT2D eigenvalue weighted by Crippen LogP contribution is -2.01. The van der Waals surface area contributed by atoms with Gasteiger partial charge in [-0.25, -0.2) is 0 Å². The van der Waals surface area contributed by atoms with Crippen LogP contribution in [0.25, 0.3) is 0 Å². The first-order chi connectivity index (χ1) is 5.38. The molecule has 0 heteroatoms. The molecular weight excluding hydrogens is 132 g/mol. The number of hydrogen-bond acceptors (Lipinski definition) is 0. The molecule has 0 bridgehead atoms. The van der Waals surface area contributed by atoms with E-state index in [4.69, 9.17) is 0 Å². The van der Waals surface area contributed by atoms with Gasteiger partial charge < -0.3 is 0 Å². The highest BCUT2D eigenvalue weighted by Gasteiger charge is 2.16. The second-order valence-electron chi connectivity index (χ2n) is 2.76. The summed E-state index contributed by atoms with van der Waals surface area (Å²) in [6, 6.07) is 0. The quantitative estimate of drug-likeness (QED) is 0.394. The molecule has 58 valence electrons. The summed E-state index contributed by atoms with van der Waals surface area (Å²) in [4.78, 5) is 0. The van der Waals surface area contributed by atoms with Crippen molar-refractivity contribution in [1.29, 1.82) is 0 Å². The molecule has 0 nitrogen and oxygen atoms in total. The van der Waals surface area contributed by atoms with Crippen LogP contribution in [0.15, 0.2) is 24.8 Å². The standard InChI is InChI=1S/C11H14/c1-3-5-7-11-9-6-8-10(11)4-2/h4,6,9-11H,2-3,8H2,1H3/t10-,11+/m0/s1. The van der Waals surface area contributed by atoms with E-state index in [2.05, 4.69) is 37.5 Å². The Morgan fingerprint density at radius 2 is 2.55 bits per heavy atom. The smallest absolute Gasteiger partial charge is 0.0448 e. The fourth-order valence-electron chi connectivity index (χ4n) is 1.29. The molecule has 0 aromatic rings. The van der Waals surface area contributed by atoms with Crippen LogP contribution in [-0.2, 0) is 0 Å². The van der Waals surface area contributed by atoms with Gasteiger partial charge in [-0.1, -0.05) is 31.1 Å². The van der Waals surface area contributed by atoms with E-state index < -0.39 is 0 Å². The van der Waals surface area contributed by atoms with Gasteiger partial charge in [-0.3, -0.25) is 0 Å². The maximum absolute atomic E-state index is 3.79. The summed E-state index contributed by atoms with van der Waals surface area (Å²) in [5.41, 5.74) is 0. The summed E-state index contributed by atoms with van der Waals surface area (Å²) < 4.78 is 0. The van der Waals surface area contributed by atoms with Crippen LogP contribution in [0.1, 0.15) is 19.8 Å². The van der Waals surface area contributed by atoms with Gasteiger partial charge in [0.05, 0.1) is 0 Å². The lowest BCUT2D eigenvalue weighted by molar-refractivity contribution is 0.619. The van der Waals surface area contributed by atoms with E-state index in [-0.39, 0.29) is 0 Å². The monoisotopic (exact) mass is 146 g/mol. The Hall–Kier alpha value is -0.960. The molecule has 0 N–H and O–H groups in total. The van der Waals surface area contributed by atoms with Crippen LogP contribution in [0.3, 0.4) is 0 Å². The highest BCUT2D eigenvalue weighted by Crippen LogP contribution is 2.24. The van der Waals surface area contributed by atoms with E-state index in [1.807, 2.05) is 6.08 Å². The average Bonchev–Trinajstić information content (AvgIpc) is 2.47. The van der Waals surface area contributed by atoms with E-state index >= 15 is 0 Å². The lowest BCUT2D eigenvalue weighted by Gasteiger charge is -2.06. The number of allylic oxidation sites excluding steroid dienone is 3. The first kappa shape index (κ1) is 8.14. The second-order valence-corrected chi connectivity index (χ2v) is 2.76. The topological polar surface area (TPSA) is 0 Å². The van der Waals surface area contributed by atoms with Gasteiger partial charge in [0.2, 0.25) is 0 Å². The minimum absolute atomic E-state index is 0.437. The van der Waals surface area contributed by atoms with Crippen molar-refractivity contribution >= 4 is 0 Å². The van der Waals surface area contributed by atoms with Crippen molar-refractivity contribution in [1.82, 2.24) is 0 Å². The van der Waals surface area contributed by atoms with Crippen molar-refractivity contribution < 1.29 is 0 Å². The fourth-order valence-corrected chi connectivity index (χ4v) is 1.29. The van der Waals surface area contributed by atoms with Gasteiger partial charge in [0, 0.05) is 12.3 Å². The third-order valence-corrected chi connectivity index (χ3v) is 1.96. The van der Waals surface area contributed by atoms with E-state index in [0.717, 1.165) is 12.8 Å². The molecule has 0 saturated heterocycles. The molecule has 0 aromatic heterocycles. The van der Waals surface area contributed by atoms with Crippen LogP contribution >= 0.6 is 0 Å². The summed E-state index contributed by atoms with van der Waals surface area (Å²) in [6.45, 7) is 5.87. The van der Waals surface area contributed by atoms with Crippen LogP contribution in [0.2, 0.25) is 0 Å². The molecule has 0 fully saturated rings. The largest absolute Gasteiger partial charge is 0.103 e. The minimum Gasteiger partial charge on any atom is -0.103 e. The highest BCUT2D eigenvalue weighted by atomic mass is 14.2. The maximum atomic E-state index is 3.79. The van der Waals surface area contributed by atoms with Crippen molar-refractivity contribution in [2.75, 3.05) is 0 Å². The SMILES string of the molecule is C=C[C@H]1CC=C[C@H]1C#CCC. The summed E-state index contributed by atoms with van der Waals surface area (Å²) in [5.74, 6) is 7.33. The third-order valence-electron chi connectivity index (χ3n) is 1.96. The van der Waals surface area contributed by atoms with E-state index in [1.54, 1.807) is 0 Å². The Bertz CT molecular complexity index is 212. The van der Waals surface area contributed by atoms with Gasteiger partial charge >= 0.3 is 0 Å². The molecule has 0 unspecified atom stereocenters. The molecule has 0 amide bonds. The van der Waals surface area contributed by atoms with Gasteiger partial charge in [0.15, 0.2) is 0 Å².